The van der Waals surface area contributed by atoms with Crippen LogP contribution in [0.3, 0.4) is 0 Å². The Hall–Kier alpha value is -4.10. The number of ketones is 1. The summed E-state index contributed by atoms with van der Waals surface area (Å²) in [7, 11) is 0. The zero-order chi connectivity index (χ0) is 40.1. The second-order valence-electron chi connectivity index (χ2n) is 15.8. The van der Waals surface area contributed by atoms with E-state index >= 15 is 8.78 Å². The second-order valence-corrected chi connectivity index (χ2v) is 15.8. The Labute approximate surface area is 312 Å². The highest BCUT2D eigenvalue weighted by atomic mass is 19.3. The Morgan fingerprint density at radius 3 is 1.85 bits per heavy atom. The van der Waals surface area contributed by atoms with Crippen molar-refractivity contribution in [2.45, 2.75) is 150 Å². The number of carbonyl (C=O) groups excluding carboxylic acids is 6. The summed E-state index contributed by atoms with van der Waals surface area (Å²) in [6.45, 7) is 14.7. The first-order chi connectivity index (χ1) is 24.7. The number of hydrogen-bond acceptors (Lipinski definition) is 8. The van der Waals surface area contributed by atoms with Gasteiger partial charge in [0.2, 0.25) is 17.6 Å². The van der Waals surface area contributed by atoms with Crippen LogP contribution in [0, 0.1) is 23.7 Å². The molecule has 1 saturated carbocycles. The lowest BCUT2D eigenvalue weighted by atomic mass is 9.83. The minimum Gasteiger partial charge on any atom is -0.459 e. The van der Waals surface area contributed by atoms with Crippen LogP contribution in [0.15, 0.2) is 30.3 Å². The molecular formula is C39H60F2N4O8. The fraction of sp³-hybridized carbons (Fsp3) is 0.692. The van der Waals surface area contributed by atoms with Gasteiger partial charge in [0.25, 0.3) is 5.91 Å². The van der Waals surface area contributed by atoms with Crippen LogP contribution in [-0.2, 0) is 40.1 Å². The maximum absolute atomic E-state index is 15.9. The molecule has 0 spiro atoms. The van der Waals surface area contributed by atoms with Crippen molar-refractivity contribution in [2.24, 2.45) is 23.7 Å². The van der Waals surface area contributed by atoms with E-state index < -0.39 is 89.0 Å². The predicted octanol–water partition coefficient (Wildman–Crippen LogP) is 5.61. The molecule has 0 unspecified atom stereocenters. The number of alkyl halides is 2. The molecule has 53 heavy (non-hydrogen) atoms. The van der Waals surface area contributed by atoms with E-state index in [-0.39, 0.29) is 18.9 Å². The Morgan fingerprint density at radius 2 is 1.32 bits per heavy atom. The number of amides is 4. The quantitative estimate of drug-likeness (QED) is 0.111. The molecule has 1 aromatic carbocycles. The fourth-order valence-electron chi connectivity index (χ4n) is 6.05. The molecule has 1 aromatic rings. The van der Waals surface area contributed by atoms with Crippen molar-refractivity contribution in [1.82, 2.24) is 21.3 Å². The number of hydrogen-bond donors (Lipinski definition) is 4. The number of rotatable bonds is 18. The third kappa shape index (κ3) is 14.3. The molecule has 1 aliphatic rings. The van der Waals surface area contributed by atoms with Gasteiger partial charge in [-0.05, 0) is 56.4 Å². The molecule has 1 aliphatic carbocycles. The fourth-order valence-corrected chi connectivity index (χ4v) is 6.05. The normalized spacial score (nSPS) is 16.8. The molecule has 12 nitrogen and oxygen atoms in total. The summed E-state index contributed by atoms with van der Waals surface area (Å²) >= 11 is 0. The smallest absolute Gasteiger partial charge is 0.408 e. The van der Waals surface area contributed by atoms with E-state index in [4.69, 9.17) is 9.47 Å². The highest BCUT2D eigenvalue weighted by molar-refractivity contribution is 6.11. The first-order valence-corrected chi connectivity index (χ1v) is 18.7. The van der Waals surface area contributed by atoms with Gasteiger partial charge in [0.05, 0.1) is 6.04 Å². The van der Waals surface area contributed by atoms with E-state index in [0.29, 0.717) is 19.3 Å². The number of benzene rings is 1. The zero-order valence-corrected chi connectivity index (χ0v) is 32.7. The number of carbonyl (C=O) groups is 6. The highest BCUT2D eigenvalue weighted by Gasteiger charge is 2.52. The average Bonchev–Trinajstić information content (AvgIpc) is 3.09. The molecule has 0 bridgehead atoms. The molecule has 0 saturated heterocycles. The summed E-state index contributed by atoms with van der Waals surface area (Å²) < 4.78 is 42.6. The summed E-state index contributed by atoms with van der Waals surface area (Å²) in [4.78, 5) is 79.5. The van der Waals surface area contributed by atoms with Crippen LogP contribution in [-0.4, -0.2) is 71.3 Å². The predicted molar refractivity (Wildman–Crippen MR) is 195 cm³/mol. The standard InChI is InChI=1S/C39H60F2N4O8/c1-10-25(6)31(35(49)52-22-27-19-15-12-16-20-27)43-34(48)29(23(2)3)44-36(50)39(40,41)32(46)28(21-26-17-13-11-14-18-26)42-33(47)30(24(4)5)45-37(51)53-38(7,8)9/h12,15-16,19-20,23-26,28-31H,10-11,13-14,17-18,21-22H2,1-9H3,(H,42,47)(H,43,48)(H,44,50)(H,45,51)/t25-,28-,29-,30-,31-/m0/s1. The van der Waals surface area contributed by atoms with E-state index in [1.807, 2.05) is 18.3 Å². The number of nitrogens with one attached hydrogen (secondary N) is 4. The van der Waals surface area contributed by atoms with Crippen molar-refractivity contribution < 1.29 is 47.0 Å². The van der Waals surface area contributed by atoms with Gasteiger partial charge in [-0.15, -0.1) is 0 Å². The van der Waals surface area contributed by atoms with Crippen LogP contribution in [0.5, 0.6) is 0 Å². The van der Waals surface area contributed by atoms with Gasteiger partial charge >= 0.3 is 18.0 Å². The first-order valence-electron chi connectivity index (χ1n) is 18.7. The second kappa shape index (κ2) is 20.4. The topological polar surface area (TPSA) is 169 Å². The highest BCUT2D eigenvalue weighted by Crippen LogP contribution is 2.30. The van der Waals surface area contributed by atoms with Gasteiger partial charge in [0.15, 0.2) is 0 Å². The van der Waals surface area contributed by atoms with Crippen LogP contribution in [0.2, 0.25) is 0 Å². The third-order valence-corrected chi connectivity index (χ3v) is 9.37. The Bertz CT molecular complexity index is 1390. The lowest BCUT2D eigenvalue weighted by molar-refractivity contribution is -0.162. The molecule has 4 amide bonds. The summed E-state index contributed by atoms with van der Waals surface area (Å²) in [6, 6.07) is 3.22. The van der Waals surface area contributed by atoms with E-state index in [0.717, 1.165) is 24.8 Å². The SMILES string of the molecule is CC[C@H](C)[C@H](NC(=O)[C@@H](NC(=O)C(F)(F)C(=O)[C@H](CC1CCCCC1)NC(=O)[C@@H](NC(=O)OC(C)(C)C)C(C)C)C(C)C)C(=O)OCc1ccccc1. The number of Topliss-reactive ketones (excluding diaryl/α,β-unsaturated/α-hetero) is 1. The molecule has 0 radical (unpaired) electrons. The number of halogens is 2. The summed E-state index contributed by atoms with van der Waals surface area (Å²) in [6.07, 6.45) is 3.35. The van der Waals surface area contributed by atoms with Gasteiger partial charge in [0, 0.05) is 0 Å². The molecule has 0 aliphatic heterocycles. The van der Waals surface area contributed by atoms with Crippen LogP contribution in [0.4, 0.5) is 13.6 Å². The number of esters is 1. The van der Waals surface area contributed by atoms with Crippen molar-refractivity contribution >= 4 is 35.6 Å². The summed E-state index contributed by atoms with van der Waals surface area (Å²) in [5.74, 6) is -12.8. The Morgan fingerprint density at radius 1 is 0.774 bits per heavy atom. The van der Waals surface area contributed by atoms with Crippen LogP contribution < -0.4 is 21.3 Å². The maximum Gasteiger partial charge on any atom is 0.408 e. The van der Waals surface area contributed by atoms with Crippen LogP contribution in [0.1, 0.15) is 113 Å². The molecule has 0 aromatic heterocycles. The Kier molecular flexibility index (Phi) is 17.3. The van der Waals surface area contributed by atoms with E-state index in [9.17, 15) is 28.8 Å². The van der Waals surface area contributed by atoms with Gasteiger partial charge in [-0.1, -0.05) is 110 Å². The molecule has 5 atom stereocenters. The molecule has 0 heterocycles. The van der Waals surface area contributed by atoms with Gasteiger partial charge in [-0.2, -0.15) is 8.78 Å². The molecule has 1 fully saturated rings. The first kappa shape index (κ1) is 45.1. The lowest BCUT2D eigenvalue weighted by Gasteiger charge is -2.31. The monoisotopic (exact) mass is 750 g/mol. The van der Waals surface area contributed by atoms with E-state index in [1.165, 1.54) is 13.8 Å². The molecular weight excluding hydrogens is 690 g/mol. The number of ether oxygens (including phenoxy) is 2. The molecule has 14 heteroatoms. The number of alkyl carbamates (subject to hydrolysis) is 1. The third-order valence-electron chi connectivity index (χ3n) is 9.37. The van der Waals surface area contributed by atoms with Crippen molar-refractivity contribution in [3.8, 4) is 0 Å². The minimum atomic E-state index is -4.66. The molecule has 4 N–H and O–H groups in total. The summed E-state index contributed by atoms with van der Waals surface area (Å²) in [5.41, 5.74) is -0.144. The largest absolute Gasteiger partial charge is 0.459 e. The van der Waals surface area contributed by atoms with Gasteiger partial charge in [0.1, 0.15) is 30.3 Å². The van der Waals surface area contributed by atoms with Crippen molar-refractivity contribution in [1.29, 1.82) is 0 Å². The van der Waals surface area contributed by atoms with Crippen LogP contribution in [0.25, 0.3) is 0 Å². The summed E-state index contributed by atoms with van der Waals surface area (Å²) in [5, 5.41) is 9.47. The molecule has 298 valence electrons. The zero-order valence-electron chi connectivity index (χ0n) is 32.7. The minimum absolute atomic E-state index is 0.0469. The average molecular weight is 751 g/mol. The Balaban J connectivity index is 2.28. The van der Waals surface area contributed by atoms with Gasteiger partial charge < -0.3 is 30.7 Å². The van der Waals surface area contributed by atoms with Crippen LogP contribution >= 0.6 is 0 Å². The van der Waals surface area contributed by atoms with Gasteiger partial charge in [-0.25, -0.2) is 9.59 Å². The van der Waals surface area contributed by atoms with Crippen molar-refractivity contribution in [3.63, 3.8) is 0 Å². The van der Waals surface area contributed by atoms with E-state index in [2.05, 4.69) is 16.0 Å². The van der Waals surface area contributed by atoms with Gasteiger partial charge in [-0.3, -0.25) is 19.2 Å². The maximum atomic E-state index is 15.9. The molecule has 2 rings (SSSR count). The van der Waals surface area contributed by atoms with E-state index in [1.54, 1.807) is 65.8 Å². The lowest BCUT2D eigenvalue weighted by Crippen LogP contribution is -2.61. The van der Waals surface area contributed by atoms with Crippen molar-refractivity contribution in [3.05, 3.63) is 35.9 Å². The van der Waals surface area contributed by atoms with Crippen molar-refractivity contribution in [2.75, 3.05) is 0 Å².